The Bertz CT molecular complexity index is 1080. The molecule has 0 radical (unpaired) electrons. The quantitative estimate of drug-likeness (QED) is 0.670. The molecule has 1 saturated carbocycles. The summed E-state index contributed by atoms with van der Waals surface area (Å²) >= 11 is 0. The van der Waals surface area contributed by atoms with Crippen LogP contribution in [-0.4, -0.2) is 45.3 Å². The van der Waals surface area contributed by atoms with Crippen LogP contribution in [0, 0.1) is 11.8 Å². The van der Waals surface area contributed by atoms with Crippen LogP contribution >= 0.6 is 0 Å². The molecule has 28 heavy (non-hydrogen) atoms. The van der Waals surface area contributed by atoms with E-state index in [1.165, 1.54) is 4.80 Å². The van der Waals surface area contributed by atoms with Crippen LogP contribution in [0.4, 0.5) is 0 Å². The number of tetrazole rings is 1. The zero-order valence-corrected chi connectivity index (χ0v) is 16.6. The van der Waals surface area contributed by atoms with Crippen molar-refractivity contribution in [3.8, 4) is 17.3 Å². The zero-order valence-electron chi connectivity index (χ0n) is 16.6. The standard InChI is InChI=1S/C19H24N8O/c1-11-13-5-6-14-16(19(13,2)8-7-15(11)28)21-17(12-9-20-25(3)10-12)27(14)18-22-24-26(4)23-18/h9-11,13H,5-8H2,1-4H3/t11-,13-,19-/m0/s1. The van der Waals surface area contributed by atoms with Crippen molar-refractivity contribution in [3.63, 3.8) is 0 Å². The molecule has 3 aromatic heterocycles. The molecule has 0 N–H and O–H groups in total. The van der Waals surface area contributed by atoms with Gasteiger partial charge in [0.25, 0.3) is 5.95 Å². The van der Waals surface area contributed by atoms with Crippen LogP contribution in [0.3, 0.4) is 0 Å². The highest BCUT2D eigenvalue weighted by Crippen LogP contribution is 2.51. The van der Waals surface area contributed by atoms with Crippen molar-refractivity contribution < 1.29 is 4.79 Å². The molecule has 3 heterocycles. The van der Waals surface area contributed by atoms with Crippen molar-refractivity contribution in [1.82, 2.24) is 39.5 Å². The van der Waals surface area contributed by atoms with Gasteiger partial charge in [-0.25, -0.2) is 4.98 Å². The summed E-state index contributed by atoms with van der Waals surface area (Å²) in [5.41, 5.74) is 3.01. The minimum Gasteiger partial charge on any atom is -0.299 e. The third kappa shape index (κ3) is 2.31. The average Bonchev–Trinajstić information content (AvgIpc) is 3.36. The number of Topliss-reactive ketones (excluding diaryl/α,β-unsaturated/α-hetero) is 1. The molecule has 0 aromatic carbocycles. The van der Waals surface area contributed by atoms with E-state index in [4.69, 9.17) is 4.98 Å². The summed E-state index contributed by atoms with van der Waals surface area (Å²) in [5.74, 6) is 2.10. The van der Waals surface area contributed by atoms with Gasteiger partial charge >= 0.3 is 0 Å². The fourth-order valence-electron chi connectivity index (χ4n) is 5.18. The first-order valence-electron chi connectivity index (χ1n) is 9.76. The van der Waals surface area contributed by atoms with E-state index in [2.05, 4.69) is 34.4 Å². The van der Waals surface area contributed by atoms with Crippen LogP contribution in [0.2, 0.25) is 0 Å². The molecule has 0 saturated heterocycles. The van der Waals surface area contributed by atoms with Gasteiger partial charge in [-0.3, -0.25) is 14.0 Å². The molecule has 5 rings (SSSR count). The Morgan fingerprint density at radius 2 is 2.07 bits per heavy atom. The van der Waals surface area contributed by atoms with Gasteiger partial charge < -0.3 is 0 Å². The summed E-state index contributed by atoms with van der Waals surface area (Å²) in [6.07, 6.45) is 7.03. The number of nitrogens with zero attached hydrogens (tertiary/aromatic N) is 8. The zero-order chi connectivity index (χ0) is 19.6. The number of hydrogen-bond donors (Lipinski definition) is 0. The number of imidazole rings is 1. The summed E-state index contributed by atoms with van der Waals surface area (Å²) in [7, 11) is 3.65. The number of hydrogen-bond acceptors (Lipinski definition) is 6. The summed E-state index contributed by atoms with van der Waals surface area (Å²) in [4.78, 5) is 18.9. The molecule has 2 aliphatic carbocycles. The lowest BCUT2D eigenvalue weighted by molar-refractivity contribution is -0.128. The van der Waals surface area contributed by atoms with Gasteiger partial charge in [0, 0.05) is 36.7 Å². The molecule has 1 fully saturated rings. The van der Waals surface area contributed by atoms with E-state index in [9.17, 15) is 4.79 Å². The number of aromatic nitrogens is 8. The van der Waals surface area contributed by atoms with Gasteiger partial charge in [-0.1, -0.05) is 18.9 Å². The smallest absolute Gasteiger partial charge is 0.276 e. The summed E-state index contributed by atoms with van der Waals surface area (Å²) < 4.78 is 3.80. The predicted octanol–water partition coefficient (Wildman–Crippen LogP) is 1.62. The Hall–Kier alpha value is -2.84. The predicted molar refractivity (Wildman–Crippen MR) is 101 cm³/mol. The average molecular weight is 380 g/mol. The first-order chi connectivity index (χ1) is 13.4. The molecule has 0 unspecified atom stereocenters. The van der Waals surface area contributed by atoms with Gasteiger partial charge in [0.1, 0.15) is 5.78 Å². The van der Waals surface area contributed by atoms with Crippen LogP contribution in [0.15, 0.2) is 12.4 Å². The molecular weight excluding hydrogens is 356 g/mol. The van der Waals surface area contributed by atoms with Gasteiger partial charge in [0.05, 0.1) is 24.5 Å². The molecule has 3 aromatic rings. The van der Waals surface area contributed by atoms with Crippen molar-refractivity contribution in [2.75, 3.05) is 0 Å². The molecule has 0 aliphatic heterocycles. The van der Waals surface area contributed by atoms with Gasteiger partial charge in [-0.2, -0.15) is 9.90 Å². The van der Waals surface area contributed by atoms with Crippen LogP contribution < -0.4 is 0 Å². The normalized spacial score (nSPS) is 26.9. The Kier molecular flexibility index (Phi) is 3.59. The van der Waals surface area contributed by atoms with Gasteiger partial charge in [0.15, 0.2) is 5.82 Å². The van der Waals surface area contributed by atoms with Crippen LogP contribution in [0.5, 0.6) is 0 Å². The molecule has 2 aliphatic rings. The monoisotopic (exact) mass is 380 g/mol. The van der Waals surface area contributed by atoms with E-state index in [-0.39, 0.29) is 11.3 Å². The largest absolute Gasteiger partial charge is 0.299 e. The molecule has 0 amide bonds. The van der Waals surface area contributed by atoms with E-state index in [1.54, 1.807) is 11.7 Å². The van der Waals surface area contributed by atoms with Gasteiger partial charge in [-0.05, 0) is 30.4 Å². The highest BCUT2D eigenvalue weighted by molar-refractivity contribution is 5.82. The second-order valence-corrected chi connectivity index (χ2v) is 8.37. The number of carbonyl (C=O) groups excluding carboxylic acids is 1. The van der Waals surface area contributed by atoms with E-state index in [0.717, 1.165) is 42.0 Å². The molecule has 146 valence electrons. The van der Waals surface area contributed by atoms with Gasteiger partial charge in [0.2, 0.25) is 0 Å². The molecule has 0 spiro atoms. The van der Waals surface area contributed by atoms with Crippen molar-refractivity contribution >= 4 is 5.78 Å². The third-order valence-electron chi connectivity index (χ3n) is 6.69. The lowest BCUT2D eigenvalue weighted by Gasteiger charge is -2.46. The maximum atomic E-state index is 12.4. The fourth-order valence-corrected chi connectivity index (χ4v) is 5.18. The van der Waals surface area contributed by atoms with Crippen LogP contribution in [-0.2, 0) is 30.7 Å². The Balaban J connectivity index is 1.74. The van der Waals surface area contributed by atoms with Crippen LogP contribution in [0.1, 0.15) is 44.5 Å². The summed E-state index contributed by atoms with van der Waals surface area (Å²) in [6, 6.07) is 0. The fraction of sp³-hybridized carbons (Fsp3) is 0.579. The molecular formula is C19H24N8O. The lowest BCUT2D eigenvalue weighted by Crippen LogP contribution is -2.47. The minimum atomic E-state index is -0.120. The number of ketones is 1. The molecule has 0 bridgehead atoms. The first kappa shape index (κ1) is 17.3. The molecule has 3 atom stereocenters. The van der Waals surface area contributed by atoms with E-state index in [1.807, 2.05) is 24.0 Å². The number of carbonyl (C=O) groups is 1. The highest BCUT2D eigenvalue weighted by Gasteiger charge is 2.50. The highest BCUT2D eigenvalue weighted by atomic mass is 16.1. The van der Waals surface area contributed by atoms with Gasteiger partial charge in [-0.15, -0.1) is 5.10 Å². The van der Waals surface area contributed by atoms with E-state index >= 15 is 0 Å². The minimum absolute atomic E-state index is 0.0773. The Labute approximate surface area is 162 Å². The first-order valence-corrected chi connectivity index (χ1v) is 9.76. The number of aryl methyl sites for hydroxylation is 2. The van der Waals surface area contributed by atoms with E-state index < -0.39 is 0 Å². The van der Waals surface area contributed by atoms with E-state index in [0.29, 0.717) is 24.1 Å². The second-order valence-electron chi connectivity index (χ2n) is 8.37. The molecule has 9 heteroatoms. The van der Waals surface area contributed by atoms with Crippen molar-refractivity contribution in [1.29, 1.82) is 0 Å². The third-order valence-corrected chi connectivity index (χ3v) is 6.69. The van der Waals surface area contributed by atoms with Crippen LogP contribution in [0.25, 0.3) is 17.3 Å². The lowest BCUT2D eigenvalue weighted by atomic mass is 9.57. The van der Waals surface area contributed by atoms with Crippen molar-refractivity contribution in [3.05, 3.63) is 23.8 Å². The maximum absolute atomic E-state index is 12.4. The SMILES string of the molecule is C[C@@H]1C(=O)CC[C@]2(C)c3nc(-c4cnn(C)c4)n(-c4nnn(C)n4)c3CC[C@@H]12. The summed E-state index contributed by atoms with van der Waals surface area (Å²) in [5, 5.41) is 17.0. The number of fused-ring (bicyclic) bond motifs is 3. The summed E-state index contributed by atoms with van der Waals surface area (Å²) in [6.45, 7) is 4.35. The Morgan fingerprint density at radius 3 is 2.75 bits per heavy atom. The Morgan fingerprint density at radius 1 is 1.25 bits per heavy atom. The molecule has 9 nitrogen and oxygen atoms in total. The topological polar surface area (TPSA) is 96.3 Å². The number of rotatable bonds is 2. The second kappa shape index (κ2) is 5.83. The maximum Gasteiger partial charge on any atom is 0.276 e. The van der Waals surface area contributed by atoms with Crippen molar-refractivity contribution in [2.45, 2.75) is 44.9 Å². The van der Waals surface area contributed by atoms with Crippen molar-refractivity contribution in [2.24, 2.45) is 25.9 Å².